The van der Waals surface area contributed by atoms with Gasteiger partial charge in [-0.2, -0.15) is 5.10 Å². The molecule has 1 N–H and O–H groups in total. The van der Waals surface area contributed by atoms with E-state index in [2.05, 4.69) is 10.4 Å². The Morgan fingerprint density at radius 1 is 1.10 bits per heavy atom. The number of carbonyl (C=O) groups excluding carboxylic acids is 2. The maximum absolute atomic E-state index is 12.3. The molecule has 0 atom stereocenters. The van der Waals surface area contributed by atoms with Crippen LogP contribution in [0.3, 0.4) is 0 Å². The predicted molar refractivity (Wildman–Crippen MR) is 109 cm³/mol. The molecule has 0 bridgehead atoms. The van der Waals surface area contributed by atoms with Crippen LogP contribution < -0.4 is 14.8 Å². The standard InChI is InChI=1S/C21H18ClN3O5/c22-16-4-2-1-3-15(16)12-25-19(7-8-23-25)24-20(26)13-30-21(27)14-5-6-17-18(11-14)29-10-9-28-17/h1-8,11H,9-10,12-13H2,(H,24,26). The second kappa shape index (κ2) is 8.87. The van der Waals surface area contributed by atoms with Crippen LogP contribution in [0.15, 0.2) is 54.7 Å². The van der Waals surface area contributed by atoms with Crippen LogP contribution in [0.2, 0.25) is 5.02 Å². The maximum atomic E-state index is 12.3. The number of ether oxygens (including phenoxy) is 3. The van der Waals surface area contributed by atoms with Crippen LogP contribution in [0.5, 0.6) is 11.5 Å². The molecule has 1 amide bonds. The molecule has 1 aliphatic rings. The third kappa shape index (κ3) is 4.55. The van der Waals surface area contributed by atoms with Gasteiger partial charge in [0.15, 0.2) is 18.1 Å². The SMILES string of the molecule is O=C(COC(=O)c1ccc2c(c1)OCCO2)Nc1ccnn1Cc1ccccc1Cl. The van der Waals surface area contributed by atoms with Crippen molar-refractivity contribution >= 4 is 29.3 Å². The molecule has 30 heavy (non-hydrogen) atoms. The van der Waals surface area contributed by atoms with Crippen LogP contribution in [0.25, 0.3) is 0 Å². The van der Waals surface area contributed by atoms with Gasteiger partial charge < -0.3 is 19.5 Å². The van der Waals surface area contributed by atoms with Crippen molar-refractivity contribution in [2.75, 3.05) is 25.1 Å². The number of rotatable bonds is 6. The number of halogens is 1. The molecule has 8 nitrogen and oxygen atoms in total. The first-order valence-electron chi connectivity index (χ1n) is 9.22. The molecular weight excluding hydrogens is 410 g/mol. The van der Waals surface area contributed by atoms with E-state index in [1.165, 1.54) is 6.07 Å². The van der Waals surface area contributed by atoms with Gasteiger partial charge in [0.25, 0.3) is 5.91 Å². The van der Waals surface area contributed by atoms with E-state index >= 15 is 0 Å². The zero-order chi connectivity index (χ0) is 20.9. The van der Waals surface area contributed by atoms with E-state index in [4.69, 9.17) is 25.8 Å². The summed E-state index contributed by atoms with van der Waals surface area (Å²) < 4.78 is 17.6. The predicted octanol–water partition coefficient (Wildman–Crippen LogP) is 3.15. The lowest BCUT2D eigenvalue weighted by molar-refractivity contribution is -0.119. The Balaban J connectivity index is 1.34. The highest BCUT2D eigenvalue weighted by atomic mass is 35.5. The first kappa shape index (κ1) is 19.8. The number of anilines is 1. The highest BCUT2D eigenvalue weighted by Gasteiger charge is 2.17. The largest absolute Gasteiger partial charge is 0.486 e. The van der Waals surface area contributed by atoms with E-state index in [0.29, 0.717) is 42.1 Å². The molecular formula is C21H18ClN3O5. The van der Waals surface area contributed by atoms with Gasteiger partial charge >= 0.3 is 5.97 Å². The number of carbonyl (C=O) groups is 2. The Morgan fingerprint density at radius 2 is 1.90 bits per heavy atom. The summed E-state index contributed by atoms with van der Waals surface area (Å²) in [7, 11) is 0. The van der Waals surface area contributed by atoms with E-state index in [1.54, 1.807) is 35.1 Å². The number of fused-ring (bicyclic) bond motifs is 1. The highest BCUT2D eigenvalue weighted by Crippen LogP contribution is 2.30. The van der Waals surface area contributed by atoms with Crippen molar-refractivity contribution in [2.45, 2.75) is 6.54 Å². The zero-order valence-corrected chi connectivity index (χ0v) is 16.6. The smallest absolute Gasteiger partial charge is 0.338 e. The number of aromatic nitrogens is 2. The van der Waals surface area contributed by atoms with Gasteiger partial charge in [0.1, 0.15) is 19.0 Å². The fraction of sp³-hybridized carbons (Fsp3) is 0.190. The third-order valence-corrected chi connectivity index (χ3v) is 4.74. The second-order valence-corrected chi connectivity index (χ2v) is 6.86. The van der Waals surface area contributed by atoms with Crippen LogP contribution in [0.1, 0.15) is 15.9 Å². The molecule has 9 heteroatoms. The second-order valence-electron chi connectivity index (χ2n) is 6.45. The Kier molecular flexibility index (Phi) is 5.85. The molecule has 0 saturated carbocycles. The van der Waals surface area contributed by atoms with Crippen molar-refractivity contribution in [3.63, 3.8) is 0 Å². The van der Waals surface area contributed by atoms with Gasteiger partial charge in [-0.05, 0) is 29.8 Å². The van der Waals surface area contributed by atoms with Gasteiger partial charge in [0.2, 0.25) is 0 Å². The van der Waals surface area contributed by atoms with E-state index in [-0.39, 0.29) is 5.56 Å². The summed E-state index contributed by atoms with van der Waals surface area (Å²) in [5.41, 5.74) is 1.14. The molecule has 1 aromatic heterocycles. The van der Waals surface area contributed by atoms with Gasteiger partial charge in [-0.3, -0.25) is 4.79 Å². The van der Waals surface area contributed by atoms with Crippen molar-refractivity contribution in [3.05, 3.63) is 70.9 Å². The summed E-state index contributed by atoms with van der Waals surface area (Å²) in [4.78, 5) is 24.5. The highest BCUT2D eigenvalue weighted by molar-refractivity contribution is 6.31. The number of nitrogens with zero attached hydrogens (tertiary/aromatic N) is 2. The quantitative estimate of drug-likeness (QED) is 0.607. The Bertz CT molecular complexity index is 1080. The molecule has 4 rings (SSSR count). The van der Waals surface area contributed by atoms with Gasteiger partial charge in [-0.1, -0.05) is 29.8 Å². The number of esters is 1. The number of hydrogen-bond donors (Lipinski definition) is 1. The molecule has 2 heterocycles. The number of hydrogen-bond acceptors (Lipinski definition) is 6. The minimum Gasteiger partial charge on any atom is -0.486 e. The van der Waals surface area contributed by atoms with Crippen LogP contribution in [-0.4, -0.2) is 41.5 Å². The van der Waals surface area contributed by atoms with Crippen LogP contribution >= 0.6 is 11.6 Å². The molecule has 0 aliphatic carbocycles. The fourth-order valence-electron chi connectivity index (χ4n) is 2.92. The van der Waals surface area contributed by atoms with Gasteiger partial charge in [0, 0.05) is 11.1 Å². The molecule has 0 spiro atoms. The molecule has 1 aliphatic heterocycles. The molecule has 154 valence electrons. The number of amides is 1. The summed E-state index contributed by atoms with van der Waals surface area (Å²) in [5, 5.41) is 7.49. The monoisotopic (exact) mass is 427 g/mol. The maximum Gasteiger partial charge on any atom is 0.338 e. The third-order valence-electron chi connectivity index (χ3n) is 4.37. The van der Waals surface area contributed by atoms with Crippen LogP contribution in [-0.2, 0) is 16.1 Å². The van der Waals surface area contributed by atoms with E-state index in [1.807, 2.05) is 18.2 Å². The molecule has 0 radical (unpaired) electrons. The molecule has 0 unspecified atom stereocenters. The lowest BCUT2D eigenvalue weighted by atomic mass is 10.2. The molecule has 0 fully saturated rings. The first-order chi connectivity index (χ1) is 14.6. The average molecular weight is 428 g/mol. The Hall–Kier alpha value is -3.52. The van der Waals surface area contributed by atoms with E-state index < -0.39 is 18.5 Å². The summed E-state index contributed by atoms with van der Waals surface area (Å²) >= 11 is 6.18. The van der Waals surface area contributed by atoms with Gasteiger partial charge in [-0.25, -0.2) is 9.48 Å². The van der Waals surface area contributed by atoms with Crippen LogP contribution in [0.4, 0.5) is 5.82 Å². The van der Waals surface area contributed by atoms with Crippen molar-refractivity contribution < 1.29 is 23.8 Å². The minimum absolute atomic E-state index is 0.274. The molecule has 3 aromatic rings. The van der Waals surface area contributed by atoms with Crippen LogP contribution in [0, 0.1) is 0 Å². The zero-order valence-electron chi connectivity index (χ0n) is 15.8. The Morgan fingerprint density at radius 3 is 2.73 bits per heavy atom. The van der Waals surface area contributed by atoms with Crippen molar-refractivity contribution in [1.29, 1.82) is 0 Å². The van der Waals surface area contributed by atoms with Gasteiger partial charge in [-0.15, -0.1) is 0 Å². The van der Waals surface area contributed by atoms with Crippen molar-refractivity contribution in [3.8, 4) is 11.5 Å². The average Bonchev–Trinajstić information content (AvgIpc) is 3.19. The van der Waals surface area contributed by atoms with E-state index in [0.717, 1.165) is 5.56 Å². The minimum atomic E-state index is -0.633. The summed E-state index contributed by atoms with van der Waals surface area (Å²) in [5.74, 6) is 0.398. The van der Waals surface area contributed by atoms with Crippen molar-refractivity contribution in [1.82, 2.24) is 9.78 Å². The fourth-order valence-corrected chi connectivity index (χ4v) is 3.11. The van der Waals surface area contributed by atoms with Crippen molar-refractivity contribution in [2.24, 2.45) is 0 Å². The summed E-state index contributed by atoms with van der Waals surface area (Å²) in [6.45, 7) is 0.823. The summed E-state index contributed by atoms with van der Waals surface area (Å²) in [6, 6.07) is 13.8. The first-order valence-corrected chi connectivity index (χ1v) is 9.60. The summed E-state index contributed by atoms with van der Waals surface area (Å²) in [6.07, 6.45) is 1.56. The molecule has 2 aromatic carbocycles. The molecule has 0 saturated heterocycles. The lowest BCUT2D eigenvalue weighted by Gasteiger charge is -2.18. The number of nitrogens with one attached hydrogen (secondary N) is 1. The van der Waals surface area contributed by atoms with E-state index in [9.17, 15) is 9.59 Å². The normalized spacial score (nSPS) is 12.3. The Labute approximate surface area is 177 Å². The topological polar surface area (TPSA) is 91.7 Å². The lowest BCUT2D eigenvalue weighted by Crippen LogP contribution is -2.23. The van der Waals surface area contributed by atoms with Gasteiger partial charge in [0.05, 0.1) is 18.3 Å². The number of benzene rings is 2.